The van der Waals surface area contributed by atoms with Gasteiger partial charge in [-0.15, -0.1) is 0 Å². The van der Waals surface area contributed by atoms with Crippen LogP contribution in [0.15, 0.2) is 10.9 Å². The van der Waals surface area contributed by atoms with Crippen LogP contribution in [-0.4, -0.2) is 16.0 Å². The first-order valence-electron chi connectivity index (χ1n) is 7.23. The lowest BCUT2D eigenvalue weighted by Crippen LogP contribution is -2.32. The van der Waals surface area contributed by atoms with Gasteiger partial charge >= 0.3 is 0 Å². The first-order chi connectivity index (χ1) is 8.85. The largest absolute Gasteiger partial charge is 0.367 e. The van der Waals surface area contributed by atoms with Crippen molar-refractivity contribution in [2.24, 2.45) is 5.41 Å². The second kappa shape index (κ2) is 5.35. The van der Waals surface area contributed by atoms with Crippen molar-refractivity contribution in [3.05, 3.63) is 22.2 Å². The van der Waals surface area contributed by atoms with Gasteiger partial charge in [-0.2, -0.15) is 0 Å². The number of aromatic nitrogens is 2. The summed E-state index contributed by atoms with van der Waals surface area (Å²) in [6, 6.07) is 1.99. The van der Waals surface area contributed by atoms with Crippen molar-refractivity contribution in [3.8, 4) is 0 Å². The highest BCUT2D eigenvalue weighted by atomic mass is 16.1. The Bertz CT molecular complexity index is 490. The van der Waals surface area contributed by atoms with Gasteiger partial charge in [0.25, 0.3) is 5.56 Å². The molecule has 4 heteroatoms. The van der Waals surface area contributed by atoms with Gasteiger partial charge in [-0.3, -0.25) is 4.79 Å². The van der Waals surface area contributed by atoms with Crippen LogP contribution in [0.5, 0.6) is 0 Å². The molecule has 0 amide bonds. The molecule has 1 aliphatic carbocycles. The number of hydrogen-bond acceptors (Lipinski definition) is 3. The molecule has 1 aliphatic rings. The topological polar surface area (TPSA) is 57.8 Å². The first-order valence-corrected chi connectivity index (χ1v) is 7.23. The van der Waals surface area contributed by atoms with Crippen LogP contribution in [0, 0.1) is 5.41 Å². The summed E-state index contributed by atoms with van der Waals surface area (Å²) in [7, 11) is 0. The Morgan fingerprint density at radius 3 is 2.84 bits per heavy atom. The molecule has 1 aromatic heterocycles. The van der Waals surface area contributed by atoms with Crippen LogP contribution < -0.4 is 10.9 Å². The standard InChI is InChI=1S/C15H25N3O/c1-10(2)14-17-12(8-13(19)18-14)16-11-6-5-7-15(3,4)9-11/h8,10-11H,5-7,9H2,1-4H3,(H2,16,17,18,19). The fourth-order valence-electron chi connectivity index (χ4n) is 2.85. The average Bonchev–Trinajstić information content (AvgIpc) is 2.26. The van der Waals surface area contributed by atoms with Gasteiger partial charge in [0, 0.05) is 18.0 Å². The minimum absolute atomic E-state index is 0.0729. The molecule has 0 aromatic carbocycles. The van der Waals surface area contributed by atoms with Gasteiger partial charge in [0.15, 0.2) is 0 Å². The minimum atomic E-state index is -0.0729. The Morgan fingerprint density at radius 2 is 2.21 bits per heavy atom. The van der Waals surface area contributed by atoms with Crippen LogP contribution in [0.4, 0.5) is 5.82 Å². The highest BCUT2D eigenvalue weighted by Gasteiger charge is 2.28. The normalized spacial score (nSPS) is 22.5. The third kappa shape index (κ3) is 3.82. The van der Waals surface area contributed by atoms with Crippen molar-refractivity contribution in [3.63, 3.8) is 0 Å². The molecule has 1 fully saturated rings. The minimum Gasteiger partial charge on any atom is -0.367 e. The lowest BCUT2D eigenvalue weighted by atomic mass is 9.75. The van der Waals surface area contributed by atoms with Crippen molar-refractivity contribution in [2.75, 3.05) is 5.32 Å². The maximum absolute atomic E-state index is 11.6. The van der Waals surface area contributed by atoms with Crippen LogP contribution in [0.2, 0.25) is 0 Å². The maximum Gasteiger partial charge on any atom is 0.252 e. The summed E-state index contributed by atoms with van der Waals surface area (Å²) in [5, 5.41) is 3.44. The van der Waals surface area contributed by atoms with E-state index in [1.54, 1.807) is 6.07 Å². The number of hydrogen-bond donors (Lipinski definition) is 2. The fraction of sp³-hybridized carbons (Fsp3) is 0.733. The van der Waals surface area contributed by atoms with E-state index < -0.39 is 0 Å². The molecule has 2 rings (SSSR count). The molecular formula is C15H25N3O. The molecule has 1 atom stereocenters. The first kappa shape index (κ1) is 14.1. The van der Waals surface area contributed by atoms with Crippen LogP contribution >= 0.6 is 0 Å². The number of rotatable bonds is 3. The Balaban J connectivity index is 2.12. The summed E-state index contributed by atoms with van der Waals surface area (Å²) < 4.78 is 0. The summed E-state index contributed by atoms with van der Waals surface area (Å²) in [6.45, 7) is 8.69. The molecule has 1 heterocycles. The van der Waals surface area contributed by atoms with E-state index in [1.807, 2.05) is 13.8 Å². The van der Waals surface area contributed by atoms with Gasteiger partial charge in [-0.1, -0.05) is 34.1 Å². The van der Waals surface area contributed by atoms with Crippen LogP contribution in [0.25, 0.3) is 0 Å². The van der Waals surface area contributed by atoms with Crippen LogP contribution in [0.3, 0.4) is 0 Å². The van der Waals surface area contributed by atoms with Crippen LogP contribution in [0.1, 0.15) is 65.1 Å². The molecule has 0 radical (unpaired) electrons. The van der Waals surface area contributed by atoms with Gasteiger partial charge < -0.3 is 10.3 Å². The Kier molecular flexibility index (Phi) is 3.97. The highest BCUT2D eigenvalue weighted by Crippen LogP contribution is 2.36. The molecule has 2 N–H and O–H groups in total. The van der Waals surface area contributed by atoms with Gasteiger partial charge in [0.2, 0.25) is 0 Å². The van der Waals surface area contributed by atoms with E-state index in [0.717, 1.165) is 24.5 Å². The van der Waals surface area contributed by atoms with Gasteiger partial charge in [-0.25, -0.2) is 4.98 Å². The lowest BCUT2D eigenvalue weighted by Gasteiger charge is -2.35. The zero-order valence-corrected chi connectivity index (χ0v) is 12.4. The maximum atomic E-state index is 11.6. The molecule has 0 saturated heterocycles. The zero-order valence-electron chi connectivity index (χ0n) is 12.4. The Labute approximate surface area is 115 Å². The van der Waals surface area contributed by atoms with Crippen molar-refractivity contribution in [1.82, 2.24) is 9.97 Å². The predicted molar refractivity (Wildman–Crippen MR) is 78.6 cm³/mol. The smallest absolute Gasteiger partial charge is 0.252 e. The summed E-state index contributed by atoms with van der Waals surface area (Å²) in [6.07, 6.45) is 4.82. The quantitative estimate of drug-likeness (QED) is 0.880. The van der Waals surface area contributed by atoms with E-state index >= 15 is 0 Å². The third-order valence-electron chi connectivity index (χ3n) is 3.86. The number of aromatic amines is 1. The number of H-pyrrole nitrogens is 1. The Morgan fingerprint density at radius 1 is 1.47 bits per heavy atom. The summed E-state index contributed by atoms with van der Waals surface area (Å²) in [5.41, 5.74) is 0.314. The predicted octanol–water partition coefficient (Wildman–Crippen LogP) is 3.27. The molecule has 0 bridgehead atoms. The second-order valence-corrected chi connectivity index (χ2v) is 6.77. The molecule has 106 valence electrons. The lowest BCUT2D eigenvalue weighted by molar-refractivity contribution is 0.229. The highest BCUT2D eigenvalue weighted by molar-refractivity contribution is 5.35. The monoisotopic (exact) mass is 263 g/mol. The van der Waals surface area contributed by atoms with Crippen molar-refractivity contribution in [2.45, 2.75) is 65.3 Å². The Hall–Kier alpha value is -1.32. The van der Waals surface area contributed by atoms with Crippen molar-refractivity contribution >= 4 is 5.82 Å². The fourth-order valence-corrected chi connectivity index (χ4v) is 2.85. The van der Waals surface area contributed by atoms with Gasteiger partial charge in [0.05, 0.1) is 0 Å². The molecule has 1 unspecified atom stereocenters. The SMILES string of the molecule is CC(C)c1nc(NC2CCCC(C)(C)C2)cc(=O)[nH]1. The number of nitrogens with one attached hydrogen (secondary N) is 2. The molecular weight excluding hydrogens is 238 g/mol. The molecule has 4 nitrogen and oxygen atoms in total. The van der Waals surface area contributed by atoms with E-state index in [0.29, 0.717) is 11.5 Å². The molecule has 0 spiro atoms. The molecule has 1 aromatic rings. The second-order valence-electron chi connectivity index (χ2n) is 6.77. The molecule has 0 aliphatic heterocycles. The molecule has 19 heavy (non-hydrogen) atoms. The summed E-state index contributed by atoms with van der Waals surface area (Å²) in [4.78, 5) is 19.0. The van der Waals surface area contributed by atoms with E-state index in [-0.39, 0.29) is 11.5 Å². The molecule has 1 saturated carbocycles. The number of anilines is 1. The van der Waals surface area contributed by atoms with E-state index in [1.165, 1.54) is 12.8 Å². The summed E-state index contributed by atoms with van der Waals surface area (Å²) >= 11 is 0. The van der Waals surface area contributed by atoms with E-state index in [9.17, 15) is 4.79 Å². The van der Waals surface area contributed by atoms with Crippen molar-refractivity contribution in [1.29, 1.82) is 0 Å². The van der Waals surface area contributed by atoms with E-state index in [4.69, 9.17) is 0 Å². The third-order valence-corrected chi connectivity index (χ3v) is 3.86. The van der Waals surface area contributed by atoms with E-state index in [2.05, 4.69) is 29.1 Å². The summed E-state index contributed by atoms with van der Waals surface area (Å²) in [5.74, 6) is 1.71. The van der Waals surface area contributed by atoms with Crippen molar-refractivity contribution < 1.29 is 0 Å². The average molecular weight is 263 g/mol. The number of nitrogens with zero attached hydrogens (tertiary/aromatic N) is 1. The zero-order chi connectivity index (χ0) is 14.0. The van der Waals surface area contributed by atoms with Gasteiger partial charge in [0.1, 0.15) is 11.6 Å². The van der Waals surface area contributed by atoms with Crippen LogP contribution in [-0.2, 0) is 0 Å². The van der Waals surface area contributed by atoms with Gasteiger partial charge in [-0.05, 0) is 24.7 Å².